The largest absolute Gasteiger partial charge is 0.494 e. The van der Waals surface area contributed by atoms with Crippen molar-refractivity contribution in [3.05, 3.63) is 65.6 Å². The molecule has 1 saturated carbocycles. The molecule has 10 nitrogen and oxygen atoms in total. The smallest absolute Gasteiger partial charge is 0.254 e. The van der Waals surface area contributed by atoms with E-state index < -0.39 is 23.8 Å². The fourth-order valence-electron chi connectivity index (χ4n) is 4.27. The number of amides is 3. The van der Waals surface area contributed by atoms with Crippen LogP contribution in [0.3, 0.4) is 0 Å². The van der Waals surface area contributed by atoms with Gasteiger partial charge < -0.3 is 25.2 Å². The number of nitriles is 1. The number of carbonyl (C=O) groups excluding carboxylic acids is 3. The normalized spacial score (nSPS) is 22.0. The van der Waals surface area contributed by atoms with E-state index in [9.17, 15) is 19.6 Å². The number of para-hydroxylation sites is 1. The van der Waals surface area contributed by atoms with Crippen LogP contribution in [0.25, 0.3) is 0 Å². The summed E-state index contributed by atoms with van der Waals surface area (Å²) in [5.41, 5.74) is 1.62. The lowest BCUT2D eigenvalue weighted by molar-refractivity contribution is -0.137. The molecule has 2 unspecified atom stereocenters. The van der Waals surface area contributed by atoms with Crippen molar-refractivity contribution in [2.24, 2.45) is 5.92 Å². The van der Waals surface area contributed by atoms with Crippen LogP contribution in [-0.4, -0.2) is 72.6 Å². The molecule has 3 aliphatic rings. The maximum Gasteiger partial charge on any atom is 0.254 e. The first kappa shape index (κ1) is 25.7. The van der Waals surface area contributed by atoms with Crippen molar-refractivity contribution in [1.82, 2.24) is 15.1 Å². The number of nitrogens with one attached hydrogen (secondary N) is 3. The zero-order valence-electron chi connectivity index (χ0n) is 20.9. The maximum absolute atomic E-state index is 13.2. The summed E-state index contributed by atoms with van der Waals surface area (Å²) >= 11 is 0. The quantitative estimate of drug-likeness (QED) is 0.497. The number of benzene rings is 1. The zero-order chi connectivity index (χ0) is 26.5. The van der Waals surface area contributed by atoms with Gasteiger partial charge in [-0.25, -0.2) is 0 Å². The molecule has 0 bridgehead atoms. The first-order chi connectivity index (χ1) is 17.8. The van der Waals surface area contributed by atoms with E-state index in [0.29, 0.717) is 17.3 Å². The lowest BCUT2D eigenvalue weighted by atomic mass is 9.98. The number of anilines is 1. The Hall–Kier alpha value is -4.39. The minimum Gasteiger partial charge on any atom is -0.494 e. The molecule has 1 heterocycles. The van der Waals surface area contributed by atoms with Crippen LogP contribution < -0.4 is 10.6 Å². The van der Waals surface area contributed by atoms with Crippen molar-refractivity contribution < 1.29 is 19.1 Å². The highest BCUT2D eigenvalue weighted by Gasteiger charge is 2.39. The van der Waals surface area contributed by atoms with Gasteiger partial charge in [0.2, 0.25) is 11.8 Å². The van der Waals surface area contributed by atoms with Gasteiger partial charge in [0.25, 0.3) is 5.91 Å². The maximum atomic E-state index is 13.2. The van der Waals surface area contributed by atoms with Crippen LogP contribution in [0.4, 0.5) is 5.69 Å². The van der Waals surface area contributed by atoms with Crippen molar-refractivity contribution >= 4 is 29.1 Å². The van der Waals surface area contributed by atoms with E-state index in [4.69, 9.17) is 10.1 Å². The molecule has 2 aliphatic carbocycles. The Labute approximate surface area is 215 Å². The van der Waals surface area contributed by atoms with Gasteiger partial charge in [-0.1, -0.05) is 18.2 Å². The molecular formula is C27H30N6O4. The van der Waals surface area contributed by atoms with Crippen LogP contribution in [0.15, 0.2) is 65.6 Å². The van der Waals surface area contributed by atoms with E-state index in [0.717, 1.165) is 12.8 Å². The molecule has 2 fully saturated rings. The Morgan fingerprint density at radius 1 is 1.24 bits per heavy atom. The van der Waals surface area contributed by atoms with Gasteiger partial charge in [0.15, 0.2) is 0 Å². The third-order valence-electron chi connectivity index (χ3n) is 6.55. The van der Waals surface area contributed by atoms with Crippen LogP contribution in [0, 0.1) is 22.7 Å². The summed E-state index contributed by atoms with van der Waals surface area (Å²) in [6.07, 6.45) is 7.17. The van der Waals surface area contributed by atoms with E-state index in [1.807, 2.05) is 18.2 Å². The molecule has 1 aromatic carbocycles. The first-order valence-corrected chi connectivity index (χ1v) is 12.1. The summed E-state index contributed by atoms with van der Waals surface area (Å²) in [4.78, 5) is 41.6. The number of likely N-dealkylation sites (N-methyl/N-ethyl adjacent to an activating group) is 1. The Morgan fingerprint density at radius 2 is 1.97 bits per heavy atom. The highest BCUT2D eigenvalue weighted by molar-refractivity contribution is 6.15. The SMILES string of the molecule is COC1=CC(C(=O)N(C)CC(=O)N2CC(C(=O)Nc3ccccc3)CC2C#N)=C/C(=C/NC2CC2)C1=N. The molecule has 3 amide bonds. The standard InChI is InChI=1S/C27H30N6O4/c1-32(27(36)17-10-18(14-30-20-8-9-20)25(29)23(12-17)37-2)16-24(34)33-15-19(11-22(33)13-28)26(35)31-21-6-4-3-5-7-21/h3-7,10,12,14,19-20,22,29-30H,8-9,11,15-16H2,1-2H3,(H,31,35)/b18-14-,29-25?. The molecule has 37 heavy (non-hydrogen) atoms. The van der Waals surface area contributed by atoms with Crippen molar-refractivity contribution in [2.75, 3.05) is 32.6 Å². The van der Waals surface area contributed by atoms with Crippen molar-refractivity contribution in [3.63, 3.8) is 0 Å². The summed E-state index contributed by atoms with van der Waals surface area (Å²) in [6.45, 7) is -0.153. The topological polar surface area (TPSA) is 139 Å². The number of carbonyl (C=O) groups is 3. The fraction of sp³-hybridized carbons (Fsp3) is 0.370. The first-order valence-electron chi connectivity index (χ1n) is 12.1. The van der Waals surface area contributed by atoms with Gasteiger partial charge in [-0.2, -0.15) is 5.26 Å². The lowest BCUT2D eigenvalue weighted by Gasteiger charge is -2.25. The second-order valence-electron chi connectivity index (χ2n) is 9.37. The second kappa shape index (κ2) is 11.1. The summed E-state index contributed by atoms with van der Waals surface area (Å²) in [5.74, 6) is -1.36. The summed E-state index contributed by atoms with van der Waals surface area (Å²) in [6, 6.07) is 10.7. The molecule has 0 spiro atoms. The number of ether oxygens (including phenoxy) is 1. The number of likely N-dealkylation sites (tertiary alicyclic amines) is 1. The Morgan fingerprint density at radius 3 is 2.62 bits per heavy atom. The van der Waals surface area contributed by atoms with Gasteiger partial charge in [0.05, 0.1) is 25.6 Å². The predicted octanol–water partition coefficient (Wildman–Crippen LogP) is 1.95. The minimum absolute atomic E-state index is 0.102. The number of hydrogen-bond donors (Lipinski definition) is 3. The van der Waals surface area contributed by atoms with Gasteiger partial charge in [-0.15, -0.1) is 0 Å². The monoisotopic (exact) mass is 502 g/mol. The zero-order valence-corrected chi connectivity index (χ0v) is 20.9. The number of hydrogen-bond acceptors (Lipinski definition) is 7. The number of methoxy groups -OCH3 is 1. The van der Waals surface area contributed by atoms with Crippen molar-refractivity contribution in [3.8, 4) is 6.07 Å². The highest BCUT2D eigenvalue weighted by Crippen LogP contribution is 2.26. The second-order valence-corrected chi connectivity index (χ2v) is 9.37. The van der Waals surface area contributed by atoms with Gasteiger partial charge in [0, 0.05) is 42.7 Å². The summed E-state index contributed by atoms with van der Waals surface area (Å²) in [5, 5.41) is 24.0. The Balaban J connectivity index is 1.40. The van der Waals surface area contributed by atoms with E-state index in [1.165, 1.54) is 30.0 Å². The molecule has 1 aliphatic heterocycles. The van der Waals surface area contributed by atoms with E-state index in [1.54, 1.807) is 24.4 Å². The van der Waals surface area contributed by atoms with Crippen LogP contribution >= 0.6 is 0 Å². The molecule has 4 rings (SSSR count). The van der Waals surface area contributed by atoms with Crippen LogP contribution in [0.1, 0.15) is 19.3 Å². The summed E-state index contributed by atoms with van der Waals surface area (Å²) in [7, 11) is 2.94. The van der Waals surface area contributed by atoms with E-state index in [-0.39, 0.29) is 42.5 Å². The highest BCUT2D eigenvalue weighted by atomic mass is 16.5. The van der Waals surface area contributed by atoms with Gasteiger partial charge in [-0.05, 0) is 43.5 Å². The lowest BCUT2D eigenvalue weighted by Crippen LogP contribution is -2.43. The average molecular weight is 503 g/mol. The molecule has 1 saturated heterocycles. The van der Waals surface area contributed by atoms with Gasteiger partial charge in [0.1, 0.15) is 17.5 Å². The number of nitrogens with zero attached hydrogens (tertiary/aromatic N) is 3. The molecule has 0 aromatic heterocycles. The average Bonchev–Trinajstić information content (AvgIpc) is 3.63. The van der Waals surface area contributed by atoms with Crippen LogP contribution in [0.5, 0.6) is 0 Å². The Bertz CT molecular complexity index is 1230. The fourth-order valence-corrected chi connectivity index (χ4v) is 4.27. The molecule has 10 heteroatoms. The van der Waals surface area contributed by atoms with Crippen LogP contribution in [-0.2, 0) is 19.1 Å². The number of allylic oxidation sites excluding steroid dienone is 2. The van der Waals surface area contributed by atoms with Crippen molar-refractivity contribution in [2.45, 2.75) is 31.3 Å². The minimum atomic E-state index is -0.750. The molecular weight excluding hydrogens is 472 g/mol. The van der Waals surface area contributed by atoms with E-state index in [2.05, 4.69) is 16.7 Å². The molecule has 3 N–H and O–H groups in total. The molecule has 1 aromatic rings. The van der Waals surface area contributed by atoms with Crippen molar-refractivity contribution in [1.29, 1.82) is 10.7 Å². The third kappa shape index (κ3) is 6.06. The Kier molecular flexibility index (Phi) is 7.72. The molecule has 0 radical (unpaired) electrons. The van der Waals surface area contributed by atoms with Gasteiger partial charge >= 0.3 is 0 Å². The summed E-state index contributed by atoms with van der Waals surface area (Å²) < 4.78 is 5.29. The third-order valence-corrected chi connectivity index (χ3v) is 6.55. The molecule has 2 atom stereocenters. The van der Waals surface area contributed by atoms with E-state index >= 15 is 0 Å². The van der Waals surface area contributed by atoms with Crippen LogP contribution in [0.2, 0.25) is 0 Å². The van der Waals surface area contributed by atoms with Gasteiger partial charge in [-0.3, -0.25) is 19.8 Å². The number of rotatable bonds is 8. The molecule has 192 valence electrons. The predicted molar refractivity (Wildman–Crippen MR) is 137 cm³/mol.